The summed E-state index contributed by atoms with van der Waals surface area (Å²) in [6, 6.07) is 4.96. The van der Waals surface area contributed by atoms with E-state index in [1.807, 2.05) is 12.1 Å². The van der Waals surface area contributed by atoms with Crippen molar-refractivity contribution in [1.82, 2.24) is 14.4 Å². The summed E-state index contributed by atoms with van der Waals surface area (Å²) in [6.07, 6.45) is 11.3. The maximum atomic E-state index is 16.6. The number of allylic oxidation sites excluding steroid dienone is 2. The first kappa shape index (κ1) is 24.4. The van der Waals surface area contributed by atoms with Crippen LogP contribution in [0.5, 0.6) is 0 Å². The van der Waals surface area contributed by atoms with Gasteiger partial charge in [-0.3, -0.25) is 9.80 Å². The van der Waals surface area contributed by atoms with Crippen LogP contribution in [0.1, 0.15) is 74.2 Å². The van der Waals surface area contributed by atoms with Crippen LogP contribution < -0.4 is 0 Å². The highest BCUT2D eigenvalue weighted by Crippen LogP contribution is 2.46. The third-order valence-electron chi connectivity index (χ3n) is 9.17. The molecule has 0 amide bonds. The fourth-order valence-electron chi connectivity index (χ4n) is 7.07. The second-order valence-electron chi connectivity index (χ2n) is 11.6. The Labute approximate surface area is 217 Å². The zero-order chi connectivity index (χ0) is 25.0. The van der Waals surface area contributed by atoms with E-state index >= 15 is 4.39 Å². The van der Waals surface area contributed by atoms with Crippen LogP contribution in [0.3, 0.4) is 0 Å². The molecule has 2 aliphatic carbocycles. The van der Waals surface area contributed by atoms with Crippen molar-refractivity contribution in [3.63, 3.8) is 0 Å². The maximum absolute atomic E-state index is 16.6. The molecule has 0 radical (unpaired) electrons. The number of halogens is 1. The van der Waals surface area contributed by atoms with E-state index in [0.29, 0.717) is 23.4 Å². The molecule has 5 nitrogen and oxygen atoms in total. The monoisotopic (exact) mass is 511 g/mol. The molecule has 2 fully saturated rings. The Morgan fingerprint density at radius 2 is 1.94 bits per heavy atom. The Morgan fingerprint density at radius 1 is 1.14 bits per heavy atom. The third-order valence-corrected chi connectivity index (χ3v) is 10.2. The van der Waals surface area contributed by atoms with Gasteiger partial charge in [0.05, 0.1) is 10.2 Å². The fourth-order valence-corrected chi connectivity index (χ4v) is 8.01. The number of nitrogens with zero attached hydrogens (tertiary/aromatic N) is 3. The number of aromatic nitrogens is 1. The van der Waals surface area contributed by atoms with Gasteiger partial charge in [0.25, 0.3) is 0 Å². The van der Waals surface area contributed by atoms with Gasteiger partial charge in [-0.1, -0.05) is 25.3 Å². The molecule has 2 aliphatic heterocycles. The molecule has 1 N–H and O–H groups in total. The third kappa shape index (κ3) is 4.27. The number of hydrogen-bond acceptors (Lipinski definition) is 4. The summed E-state index contributed by atoms with van der Waals surface area (Å²) in [6.45, 7) is 9.20. The van der Waals surface area contributed by atoms with E-state index in [1.54, 1.807) is 0 Å². The number of fused-ring (bicyclic) bond motifs is 5. The molecule has 4 heterocycles. The van der Waals surface area contributed by atoms with Crippen LogP contribution in [-0.2, 0) is 6.54 Å². The Kier molecular flexibility index (Phi) is 6.37. The van der Waals surface area contributed by atoms with Gasteiger partial charge in [0.15, 0.2) is 0 Å². The van der Waals surface area contributed by atoms with Crippen LogP contribution in [0.4, 0.5) is 4.39 Å². The lowest BCUT2D eigenvalue weighted by atomic mass is 9.72. The highest BCUT2D eigenvalue weighted by molar-refractivity contribution is 7.20. The number of thiophene rings is 1. The molecule has 4 aliphatic rings. The summed E-state index contributed by atoms with van der Waals surface area (Å²) in [5.41, 5.74) is 3.15. The Balaban J connectivity index is 1.40. The van der Waals surface area contributed by atoms with Crippen molar-refractivity contribution in [2.75, 3.05) is 26.2 Å². The highest BCUT2D eigenvalue weighted by atomic mass is 32.1. The average Bonchev–Trinajstić information content (AvgIpc) is 3.57. The summed E-state index contributed by atoms with van der Waals surface area (Å²) < 4.78 is 19.9. The minimum absolute atomic E-state index is 0.117. The normalized spacial score (nSPS) is 28.5. The number of likely N-dealkylation sites (tertiary alicyclic amines) is 1. The number of carbonyl (C=O) groups is 1. The number of hydrogen-bond donors (Lipinski definition) is 1. The largest absolute Gasteiger partial charge is 0.477 e. The van der Waals surface area contributed by atoms with E-state index in [9.17, 15) is 9.90 Å². The van der Waals surface area contributed by atoms with Crippen LogP contribution in [0, 0.1) is 5.92 Å². The van der Waals surface area contributed by atoms with Gasteiger partial charge in [-0.15, -0.1) is 11.3 Å². The smallest absolute Gasteiger partial charge is 0.345 e. The van der Waals surface area contributed by atoms with Gasteiger partial charge in [0.2, 0.25) is 0 Å². The van der Waals surface area contributed by atoms with E-state index in [-0.39, 0.29) is 5.92 Å². The van der Waals surface area contributed by atoms with Gasteiger partial charge < -0.3 is 9.67 Å². The summed E-state index contributed by atoms with van der Waals surface area (Å²) >= 11 is 1.34. The number of carboxylic acid groups (broad SMARTS) is 1. The number of alkyl halides is 1. The van der Waals surface area contributed by atoms with Crippen molar-refractivity contribution >= 4 is 33.1 Å². The van der Waals surface area contributed by atoms with Gasteiger partial charge in [0.1, 0.15) is 10.5 Å². The fraction of sp³-hybridized carbons (Fsp3) is 0.621. The molecule has 1 unspecified atom stereocenters. The van der Waals surface area contributed by atoms with Gasteiger partial charge in [0, 0.05) is 56.9 Å². The second-order valence-corrected chi connectivity index (χ2v) is 12.7. The van der Waals surface area contributed by atoms with Gasteiger partial charge in [-0.25, -0.2) is 9.18 Å². The molecular weight excluding hydrogens is 473 g/mol. The summed E-state index contributed by atoms with van der Waals surface area (Å²) in [5, 5.41) is 9.56. The lowest BCUT2D eigenvalue weighted by molar-refractivity contribution is 0.0702. The molecule has 2 aromatic heterocycles. The van der Waals surface area contributed by atoms with Crippen molar-refractivity contribution in [2.24, 2.45) is 5.92 Å². The van der Waals surface area contributed by atoms with Crippen molar-refractivity contribution < 1.29 is 14.3 Å². The van der Waals surface area contributed by atoms with E-state index in [1.165, 1.54) is 17.8 Å². The van der Waals surface area contributed by atoms with Crippen molar-refractivity contribution in [3.8, 4) is 0 Å². The molecule has 2 atom stereocenters. The SMILES string of the molecule is CC(C)N1CC[C@H](N2CCn3c(cc4sc(C(=O)O)cc43)C3=CCC(F)(C4CCCCC4)C=C3C2)C1. The van der Waals surface area contributed by atoms with E-state index in [2.05, 4.69) is 40.4 Å². The van der Waals surface area contributed by atoms with Crippen molar-refractivity contribution in [1.29, 1.82) is 0 Å². The highest BCUT2D eigenvalue weighted by Gasteiger charge is 2.41. The topological polar surface area (TPSA) is 48.7 Å². The maximum Gasteiger partial charge on any atom is 0.345 e. The first-order valence-electron chi connectivity index (χ1n) is 13.8. The van der Waals surface area contributed by atoms with Gasteiger partial charge in [-0.05, 0) is 68.4 Å². The molecule has 36 heavy (non-hydrogen) atoms. The predicted octanol–water partition coefficient (Wildman–Crippen LogP) is 6.20. The second kappa shape index (κ2) is 9.41. The van der Waals surface area contributed by atoms with E-state index < -0.39 is 11.6 Å². The molecule has 194 valence electrons. The summed E-state index contributed by atoms with van der Waals surface area (Å²) in [4.78, 5) is 17.2. The zero-order valence-corrected chi connectivity index (χ0v) is 22.3. The molecule has 1 saturated carbocycles. The van der Waals surface area contributed by atoms with Crippen molar-refractivity contribution in [2.45, 2.75) is 83.1 Å². The van der Waals surface area contributed by atoms with Gasteiger partial charge in [-0.2, -0.15) is 0 Å². The van der Waals surface area contributed by atoms with Gasteiger partial charge >= 0.3 is 5.97 Å². The molecule has 7 heteroatoms. The minimum Gasteiger partial charge on any atom is -0.477 e. The number of rotatable bonds is 4. The van der Waals surface area contributed by atoms with Crippen LogP contribution in [0.25, 0.3) is 15.8 Å². The average molecular weight is 512 g/mol. The summed E-state index contributed by atoms with van der Waals surface area (Å²) in [5.74, 6) is -0.753. The van der Waals surface area contributed by atoms with Crippen molar-refractivity contribution in [3.05, 3.63) is 40.4 Å². The first-order valence-corrected chi connectivity index (χ1v) is 14.6. The lowest BCUT2D eigenvalue weighted by Gasteiger charge is -2.39. The Morgan fingerprint density at radius 3 is 2.67 bits per heavy atom. The number of carboxylic acids is 1. The predicted molar refractivity (Wildman–Crippen MR) is 145 cm³/mol. The molecule has 0 bridgehead atoms. The quantitative estimate of drug-likeness (QED) is 0.531. The van der Waals surface area contributed by atoms with Crippen LogP contribution >= 0.6 is 11.3 Å². The lowest BCUT2D eigenvalue weighted by Crippen LogP contribution is -2.44. The molecule has 0 aromatic carbocycles. The van der Waals surface area contributed by atoms with Crippen LogP contribution in [0.2, 0.25) is 0 Å². The van der Waals surface area contributed by atoms with E-state index in [0.717, 1.165) is 91.9 Å². The Hall–Kier alpha value is -1.96. The molecule has 1 saturated heterocycles. The minimum atomic E-state index is -1.25. The zero-order valence-electron chi connectivity index (χ0n) is 21.5. The molecular formula is C29H38FN3O2S. The molecule has 2 aromatic rings. The standard InChI is InChI=1S/C29H38FN3O2S/c1-19(2)31-11-9-22(18-31)32-12-13-33-24(14-26-25(33)15-27(36-26)28(34)35)23-8-10-29(30,16-20(23)17-32)21-6-4-3-5-7-21/h8,14-16,19,21-22H,3-7,9-13,17-18H2,1-2H3,(H,34,35)/t22-,29?/m0/s1. The first-order chi connectivity index (χ1) is 17.3. The number of aromatic carboxylic acids is 1. The Bertz CT molecular complexity index is 1220. The molecule has 0 spiro atoms. The van der Waals surface area contributed by atoms with E-state index in [4.69, 9.17) is 0 Å². The van der Waals surface area contributed by atoms with Crippen LogP contribution in [-0.4, -0.2) is 69.4 Å². The molecule has 6 rings (SSSR count). The van der Waals surface area contributed by atoms with Crippen LogP contribution in [0.15, 0.2) is 29.9 Å². The summed E-state index contributed by atoms with van der Waals surface area (Å²) in [7, 11) is 0.